The molecule has 0 aliphatic heterocycles. The van der Waals surface area contributed by atoms with Crippen molar-refractivity contribution >= 4 is 43.5 Å². The Morgan fingerprint density at radius 3 is 2.35 bits per heavy atom. The standard InChI is InChI=1S/C24H32BrN3O5S/c1-6-13-26-24(30)18(3)27(15-19-8-10-20(25)11-9-19)23(29)16-28(34(5,31)32)21-14-17(2)7-12-22(21)33-4/h7-12,14,18H,6,13,15-16H2,1-5H3,(H,26,30). The highest BCUT2D eigenvalue weighted by Crippen LogP contribution is 2.31. The topological polar surface area (TPSA) is 96.0 Å². The number of carbonyl (C=O) groups excluding carboxylic acids is 2. The summed E-state index contributed by atoms with van der Waals surface area (Å²) < 4.78 is 32.7. The van der Waals surface area contributed by atoms with Crippen molar-refractivity contribution in [2.75, 3.05) is 30.8 Å². The van der Waals surface area contributed by atoms with E-state index in [0.29, 0.717) is 12.3 Å². The van der Waals surface area contributed by atoms with E-state index in [2.05, 4.69) is 21.2 Å². The highest BCUT2D eigenvalue weighted by atomic mass is 79.9. The number of hydrogen-bond donors (Lipinski definition) is 1. The second-order valence-corrected chi connectivity index (χ2v) is 10.9. The monoisotopic (exact) mass is 553 g/mol. The van der Waals surface area contributed by atoms with E-state index in [4.69, 9.17) is 4.74 Å². The van der Waals surface area contributed by atoms with Crippen molar-refractivity contribution in [3.63, 3.8) is 0 Å². The minimum absolute atomic E-state index is 0.148. The molecule has 0 fully saturated rings. The van der Waals surface area contributed by atoms with Gasteiger partial charge in [0.1, 0.15) is 18.3 Å². The van der Waals surface area contributed by atoms with Gasteiger partial charge in [-0.2, -0.15) is 0 Å². The van der Waals surface area contributed by atoms with Gasteiger partial charge >= 0.3 is 0 Å². The molecule has 0 aromatic heterocycles. The summed E-state index contributed by atoms with van der Waals surface area (Å²) in [5.74, 6) is -0.473. The first-order chi connectivity index (χ1) is 16.0. The zero-order valence-corrected chi connectivity index (χ0v) is 22.6. The average Bonchev–Trinajstić information content (AvgIpc) is 2.79. The maximum atomic E-state index is 13.5. The number of carbonyl (C=O) groups is 2. The quantitative estimate of drug-likeness (QED) is 0.459. The van der Waals surface area contributed by atoms with Crippen molar-refractivity contribution in [1.29, 1.82) is 0 Å². The second-order valence-electron chi connectivity index (χ2n) is 8.06. The molecule has 34 heavy (non-hydrogen) atoms. The van der Waals surface area contributed by atoms with Gasteiger partial charge in [0.05, 0.1) is 19.1 Å². The third kappa shape index (κ3) is 7.46. The molecule has 0 heterocycles. The van der Waals surface area contributed by atoms with Crippen LogP contribution in [0.5, 0.6) is 5.75 Å². The van der Waals surface area contributed by atoms with Gasteiger partial charge in [-0.3, -0.25) is 13.9 Å². The van der Waals surface area contributed by atoms with E-state index in [1.54, 1.807) is 25.1 Å². The summed E-state index contributed by atoms with van der Waals surface area (Å²) in [5.41, 5.74) is 1.90. The molecule has 2 aromatic rings. The summed E-state index contributed by atoms with van der Waals surface area (Å²) in [6, 6.07) is 11.7. The molecule has 186 valence electrons. The Bertz CT molecular complexity index is 1110. The SMILES string of the molecule is CCCNC(=O)C(C)N(Cc1ccc(Br)cc1)C(=O)CN(c1cc(C)ccc1OC)S(C)(=O)=O. The normalized spacial score (nSPS) is 12.1. The number of sulfonamides is 1. The number of rotatable bonds is 11. The fourth-order valence-electron chi connectivity index (χ4n) is 3.35. The number of aryl methyl sites for hydroxylation is 1. The third-order valence-electron chi connectivity index (χ3n) is 5.26. The van der Waals surface area contributed by atoms with Crippen LogP contribution in [0.3, 0.4) is 0 Å². The fraction of sp³-hybridized carbons (Fsp3) is 0.417. The van der Waals surface area contributed by atoms with E-state index in [9.17, 15) is 18.0 Å². The first-order valence-corrected chi connectivity index (χ1v) is 13.6. The molecule has 0 bridgehead atoms. The van der Waals surface area contributed by atoms with Crippen LogP contribution < -0.4 is 14.4 Å². The van der Waals surface area contributed by atoms with Gasteiger partial charge in [-0.15, -0.1) is 0 Å². The molecule has 1 atom stereocenters. The van der Waals surface area contributed by atoms with Gasteiger partial charge in [-0.25, -0.2) is 8.42 Å². The van der Waals surface area contributed by atoms with Crippen molar-refractivity contribution in [2.24, 2.45) is 0 Å². The third-order valence-corrected chi connectivity index (χ3v) is 6.92. The highest BCUT2D eigenvalue weighted by Gasteiger charge is 2.31. The summed E-state index contributed by atoms with van der Waals surface area (Å²) in [4.78, 5) is 27.7. The summed E-state index contributed by atoms with van der Waals surface area (Å²) in [6.07, 6.45) is 1.80. The Morgan fingerprint density at radius 2 is 1.79 bits per heavy atom. The molecule has 0 aliphatic rings. The molecular weight excluding hydrogens is 522 g/mol. The lowest BCUT2D eigenvalue weighted by Crippen LogP contribution is -2.51. The minimum atomic E-state index is -3.84. The number of methoxy groups -OCH3 is 1. The number of amides is 2. The van der Waals surface area contributed by atoms with Crippen LogP contribution in [0.25, 0.3) is 0 Å². The molecule has 2 rings (SSSR count). The van der Waals surface area contributed by atoms with Crippen molar-refractivity contribution in [2.45, 2.75) is 39.8 Å². The molecule has 2 amide bonds. The van der Waals surface area contributed by atoms with Gasteiger partial charge in [0, 0.05) is 17.6 Å². The van der Waals surface area contributed by atoms with Crippen LogP contribution in [0.15, 0.2) is 46.9 Å². The predicted molar refractivity (Wildman–Crippen MR) is 137 cm³/mol. The van der Waals surface area contributed by atoms with Crippen molar-refractivity contribution in [3.05, 3.63) is 58.1 Å². The molecule has 0 radical (unpaired) electrons. The first kappa shape index (κ1) is 27.7. The Hall–Kier alpha value is -2.59. The Balaban J connectivity index is 2.43. The maximum Gasteiger partial charge on any atom is 0.244 e. The lowest BCUT2D eigenvalue weighted by molar-refractivity contribution is -0.139. The van der Waals surface area contributed by atoms with Crippen molar-refractivity contribution in [1.82, 2.24) is 10.2 Å². The summed E-state index contributed by atoms with van der Waals surface area (Å²) >= 11 is 3.39. The Kier molecular flexibility index (Phi) is 9.93. The number of halogens is 1. The molecule has 0 saturated heterocycles. The van der Waals surface area contributed by atoms with Gasteiger partial charge < -0.3 is 15.0 Å². The van der Waals surface area contributed by atoms with Crippen LogP contribution in [-0.4, -0.2) is 57.6 Å². The highest BCUT2D eigenvalue weighted by molar-refractivity contribution is 9.10. The smallest absolute Gasteiger partial charge is 0.244 e. The number of anilines is 1. The number of nitrogens with one attached hydrogen (secondary N) is 1. The van der Waals surface area contributed by atoms with Gasteiger partial charge in [0.25, 0.3) is 0 Å². The van der Waals surface area contributed by atoms with E-state index in [0.717, 1.165) is 32.6 Å². The van der Waals surface area contributed by atoms with Crippen LogP contribution >= 0.6 is 15.9 Å². The lowest BCUT2D eigenvalue weighted by atomic mass is 10.1. The first-order valence-electron chi connectivity index (χ1n) is 10.9. The van der Waals surface area contributed by atoms with Crippen LogP contribution in [0, 0.1) is 6.92 Å². The van der Waals surface area contributed by atoms with Crippen molar-refractivity contribution in [3.8, 4) is 5.75 Å². The summed E-state index contributed by atoms with van der Waals surface area (Å²) in [7, 11) is -2.39. The number of hydrogen-bond acceptors (Lipinski definition) is 5. The summed E-state index contributed by atoms with van der Waals surface area (Å²) in [5, 5.41) is 2.81. The van der Waals surface area contributed by atoms with Gasteiger partial charge in [-0.1, -0.05) is 41.1 Å². The van der Waals surface area contributed by atoms with Crippen LogP contribution in [0.1, 0.15) is 31.4 Å². The zero-order chi connectivity index (χ0) is 25.5. The van der Waals surface area contributed by atoms with Crippen LogP contribution in [0.2, 0.25) is 0 Å². The molecule has 0 saturated carbocycles. The molecule has 0 spiro atoms. The van der Waals surface area contributed by atoms with Crippen molar-refractivity contribution < 1.29 is 22.7 Å². The molecule has 1 unspecified atom stereocenters. The Morgan fingerprint density at radius 1 is 1.15 bits per heavy atom. The second kappa shape index (κ2) is 12.2. The van der Waals surface area contributed by atoms with E-state index >= 15 is 0 Å². The average molecular weight is 555 g/mol. The summed E-state index contributed by atoms with van der Waals surface area (Å²) in [6.45, 7) is 5.56. The van der Waals surface area contributed by atoms with E-state index < -0.39 is 28.5 Å². The molecule has 2 aromatic carbocycles. The van der Waals surface area contributed by atoms with E-state index in [1.807, 2.05) is 38.1 Å². The maximum absolute atomic E-state index is 13.5. The molecular formula is C24H32BrN3O5S. The molecule has 1 N–H and O–H groups in total. The fourth-order valence-corrected chi connectivity index (χ4v) is 4.46. The predicted octanol–water partition coefficient (Wildman–Crippen LogP) is 3.48. The minimum Gasteiger partial charge on any atom is -0.495 e. The molecule has 10 heteroatoms. The molecule has 0 aliphatic carbocycles. The van der Waals surface area contributed by atoms with Crippen LogP contribution in [0.4, 0.5) is 5.69 Å². The van der Waals surface area contributed by atoms with Gasteiger partial charge in [0.15, 0.2) is 0 Å². The van der Waals surface area contributed by atoms with Gasteiger partial charge in [-0.05, 0) is 55.7 Å². The lowest BCUT2D eigenvalue weighted by Gasteiger charge is -2.32. The van der Waals surface area contributed by atoms with E-state index in [1.165, 1.54) is 12.0 Å². The number of benzene rings is 2. The molecule has 8 nitrogen and oxygen atoms in total. The van der Waals surface area contributed by atoms with Crippen LogP contribution in [-0.2, 0) is 26.2 Å². The Labute approximate surface area is 210 Å². The van der Waals surface area contributed by atoms with E-state index in [-0.39, 0.29) is 18.1 Å². The number of nitrogens with zero attached hydrogens (tertiary/aromatic N) is 2. The zero-order valence-electron chi connectivity index (χ0n) is 20.2. The van der Waals surface area contributed by atoms with Gasteiger partial charge in [0.2, 0.25) is 21.8 Å². The largest absolute Gasteiger partial charge is 0.495 e. The number of ether oxygens (including phenoxy) is 1.